The van der Waals surface area contributed by atoms with Crippen LogP contribution in [0.15, 0.2) is 23.2 Å². The molecule has 5 heteroatoms. The van der Waals surface area contributed by atoms with Crippen molar-refractivity contribution in [2.45, 2.75) is 13.3 Å². The molecule has 0 aliphatic rings. The predicted molar refractivity (Wildman–Crippen MR) is 95.0 cm³/mol. The van der Waals surface area contributed by atoms with E-state index in [0.717, 1.165) is 18.7 Å². The Bertz CT molecular complexity index is 480. The number of benzene rings is 1. The van der Waals surface area contributed by atoms with Crippen LogP contribution in [0.25, 0.3) is 0 Å². The minimum absolute atomic E-state index is 0. The smallest absolute Gasteiger partial charge is 0.191 e. The number of halogens is 1. The third-order valence-electron chi connectivity index (χ3n) is 2.70. The van der Waals surface area contributed by atoms with Gasteiger partial charge in [0.2, 0.25) is 0 Å². The van der Waals surface area contributed by atoms with Gasteiger partial charge in [-0.05, 0) is 25.0 Å². The summed E-state index contributed by atoms with van der Waals surface area (Å²) >= 11 is 0. The molecule has 0 amide bonds. The minimum Gasteiger partial charge on any atom is -0.496 e. The van der Waals surface area contributed by atoms with Crippen molar-refractivity contribution in [2.24, 2.45) is 4.99 Å². The fraction of sp³-hybridized carbons (Fsp3) is 0.400. The Balaban J connectivity index is 0.00000361. The maximum absolute atomic E-state index is 5.35. The van der Waals surface area contributed by atoms with Crippen LogP contribution in [0.1, 0.15) is 11.1 Å². The molecule has 20 heavy (non-hydrogen) atoms. The number of hydrogen-bond donors (Lipinski definition) is 2. The molecule has 0 aliphatic carbocycles. The number of rotatable bonds is 5. The van der Waals surface area contributed by atoms with Crippen LogP contribution < -0.4 is 15.4 Å². The molecule has 0 unspecified atom stereocenters. The molecule has 4 nitrogen and oxygen atoms in total. The van der Waals surface area contributed by atoms with Gasteiger partial charge in [0.05, 0.1) is 13.7 Å². The van der Waals surface area contributed by atoms with E-state index >= 15 is 0 Å². The molecule has 1 rings (SSSR count). The largest absolute Gasteiger partial charge is 0.496 e. The van der Waals surface area contributed by atoms with Crippen molar-refractivity contribution in [3.05, 3.63) is 29.3 Å². The molecule has 2 N–H and O–H groups in total. The molecule has 0 atom stereocenters. The highest BCUT2D eigenvalue weighted by atomic mass is 127. The standard InChI is InChI=1S/C15H21N3O.HI/c1-5-9-17-15(16-3)18-10-8-13-11-12(2)6-7-14(13)19-4;/h1,6-7,11H,8-10H2,2-4H3,(H2,16,17,18);1H. The number of nitrogens with zero attached hydrogens (tertiary/aromatic N) is 1. The van der Waals surface area contributed by atoms with Gasteiger partial charge in [0.15, 0.2) is 5.96 Å². The molecule has 0 saturated carbocycles. The molecule has 0 heterocycles. The van der Waals surface area contributed by atoms with E-state index in [2.05, 4.69) is 34.5 Å². The van der Waals surface area contributed by atoms with E-state index in [0.29, 0.717) is 12.5 Å². The van der Waals surface area contributed by atoms with E-state index in [-0.39, 0.29) is 24.0 Å². The molecule has 110 valence electrons. The second-order valence-corrected chi connectivity index (χ2v) is 4.12. The van der Waals surface area contributed by atoms with Crippen LogP contribution in [0.3, 0.4) is 0 Å². The lowest BCUT2D eigenvalue weighted by Crippen LogP contribution is -2.38. The number of guanidine groups is 1. The Morgan fingerprint density at radius 1 is 1.40 bits per heavy atom. The summed E-state index contributed by atoms with van der Waals surface area (Å²) in [5, 5.41) is 6.23. The third kappa shape index (κ3) is 6.15. The Morgan fingerprint density at radius 3 is 2.75 bits per heavy atom. The highest BCUT2D eigenvalue weighted by Gasteiger charge is 2.03. The van der Waals surface area contributed by atoms with Crippen LogP contribution in [0.2, 0.25) is 0 Å². The van der Waals surface area contributed by atoms with Crippen molar-refractivity contribution in [3.63, 3.8) is 0 Å². The maximum Gasteiger partial charge on any atom is 0.191 e. The molecular weight excluding hydrogens is 365 g/mol. The zero-order chi connectivity index (χ0) is 14.1. The highest BCUT2D eigenvalue weighted by Crippen LogP contribution is 2.19. The van der Waals surface area contributed by atoms with Gasteiger partial charge >= 0.3 is 0 Å². The van der Waals surface area contributed by atoms with Gasteiger partial charge in [0, 0.05) is 13.6 Å². The number of aliphatic imine (C=N–C) groups is 1. The number of aryl methyl sites for hydroxylation is 1. The first-order valence-corrected chi connectivity index (χ1v) is 6.22. The van der Waals surface area contributed by atoms with E-state index in [1.807, 2.05) is 12.1 Å². The number of hydrogen-bond acceptors (Lipinski definition) is 2. The van der Waals surface area contributed by atoms with Gasteiger partial charge < -0.3 is 15.4 Å². The van der Waals surface area contributed by atoms with Crippen LogP contribution in [0.4, 0.5) is 0 Å². The van der Waals surface area contributed by atoms with Gasteiger partial charge in [0.1, 0.15) is 5.75 Å². The molecule has 0 radical (unpaired) electrons. The molecule has 0 fully saturated rings. The van der Waals surface area contributed by atoms with Crippen LogP contribution in [0.5, 0.6) is 5.75 Å². The van der Waals surface area contributed by atoms with E-state index in [1.165, 1.54) is 11.1 Å². The van der Waals surface area contributed by atoms with Crippen LogP contribution in [-0.4, -0.2) is 33.2 Å². The molecule has 1 aromatic rings. The van der Waals surface area contributed by atoms with E-state index in [1.54, 1.807) is 14.2 Å². The van der Waals surface area contributed by atoms with Gasteiger partial charge in [-0.25, -0.2) is 0 Å². The lowest BCUT2D eigenvalue weighted by atomic mass is 10.1. The molecule has 1 aromatic carbocycles. The quantitative estimate of drug-likeness (QED) is 0.352. The molecule has 0 spiro atoms. The van der Waals surface area contributed by atoms with E-state index < -0.39 is 0 Å². The van der Waals surface area contributed by atoms with Gasteiger partial charge in [0.25, 0.3) is 0 Å². The molecule has 0 aliphatic heterocycles. The SMILES string of the molecule is C#CCNC(=NC)NCCc1cc(C)ccc1OC.I. The van der Waals surface area contributed by atoms with Crippen LogP contribution >= 0.6 is 24.0 Å². The zero-order valence-electron chi connectivity index (χ0n) is 12.2. The first-order chi connectivity index (χ1) is 9.21. The second-order valence-electron chi connectivity index (χ2n) is 4.12. The lowest BCUT2D eigenvalue weighted by Gasteiger charge is -2.12. The van der Waals surface area contributed by atoms with Crippen molar-refractivity contribution in [1.29, 1.82) is 0 Å². The minimum atomic E-state index is 0. The fourth-order valence-corrected chi connectivity index (χ4v) is 1.77. The normalized spacial score (nSPS) is 10.2. The Hall–Kier alpha value is -1.42. The highest BCUT2D eigenvalue weighted by molar-refractivity contribution is 14.0. The van der Waals surface area contributed by atoms with Crippen molar-refractivity contribution in [3.8, 4) is 18.1 Å². The van der Waals surface area contributed by atoms with Gasteiger partial charge in [-0.1, -0.05) is 23.6 Å². The molecular formula is C15H22IN3O. The van der Waals surface area contributed by atoms with Crippen molar-refractivity contribution in [1.82, 2.24) is 10.6 Å². The Labute approximate surface area is 138 Å². The van der Waals surface area contributed by atoms with Gasteiger partial charge in [-0.2, -0.15) is 0 Å². The Kier molecular flexibility index (Phi) is 9.64. The van der Waals surface area contributed by atoms with Crippen LogP contribution in [0, 0.1) is 19.3 Å². The number of nitrogens with one attached hydrogen (secondary N) is 2. The summed E-state index contributed by atoms with van der Waals surface area (Å²) < 4.78 is 5.35. The Morgan fingerprint density at radius 2 is 2.15 bits per heavy atom. The molecule has 0 bridgehead atoms. The van der Waals surface area contributed by atoms with Crippen LogP contribution in [-0.2, 0) is 6.42 Å². The zero-order valence-corrected chi connectivity index (χ0v) is 14.5. The van der Waals surface area contributed by atoms with E-state index in [4.69, 9.17) is 11.2 Å². The summed E-state index contributed by atoms with van der Waals surface area (Å²) in [4.78, 5) is 4.08. The number of ether oxygens (including phenoxy) is 1. The summed E-state index contributed by atoms with van der Waals surface area (Å²) in [6, 6.07) is 6.18. The lowest BCUT2D eigenvalue weighted by molar-refractivity contribution is 0.409. The predicted octanol–water partition coefficient (Wildman–Crippen LogP) is 1.96. The molecule has 0 aromatic heterocycles. The first kappa shape index (κ1) is 18.6. The first-order valence-electron chi connectivity index (χ1n) is 6.22. The summed E-state index contributed by atoms with van der Waals surface area (Å²) in [6.07, 6.45) is 6.06. The summed E-state index contributed by atoms with van der Waals surface area (Å²) in [7, 11) is 3.41. The van der Waals surface area contributed by atoms with E-state index in [9.17, 15) is 0 Å². The number of methoxy groups -OCH3 is 1. The second kappa shape index (κ2) is 10.4. The monoisotopic (exact) mass is 387 g/mol. The average Bonchev–Trinajstić information content (AvgIpc) is 2.43. The van der Waals surface area contributed by atoms with Crippen molar-refractivity contribution < 1.29 is 4.74 Å². The molecule has 0 saturated heterocycles. The topological polar surface area (TPSA) is 45.7 Å². The third-order valence-corrected chi connectivity index (χ3v) is 2.70. The summed E-state index contributed by atoms with van der Waals surface area (Å²) in [5.41, 5.74) is 2.41. The van der Waals surface area contributed by atoms with Gasteiger partial charge in [-0.15, -0.1) is 30.4 Å². The summed E-state index contributed by atoms with van der Waals surface area (Å²) in [5.74, 6) is 4.14. The summed E-state index contributed by atoms with van der Waals surface area (Å²) in [6.45, 7) is 3.31. The fourth-order valence-electron chi connectivity index (χ4n) is 1.77. The number of terminal acetylenes is 1. The average molecular weight is 387 g/mol. The van der Waals surface area contributed by atoms with Crippen molar-refractivity contribution in [2.75, 3.05) is 27.2 Å². The van der Waals surface area contributed by atoms with Crippen molar-refractivity contribution >= 4 is 29.9 Å². The maximum atomic E-state index is 5.35. The van der Waals surface area contributed by atoms with Gasteiger partial charge in [-0.3, -0.25) is 4.99 Å².